The Morgan fingerprint density at radius 3 is 0.828 bits per heavy atom. The van der Waals surface area contributed by atoms with E-state index in [-0.39, 0.29) is 47.4 Å². The summed E-state index contributed by atoms with van der Waals surface area (Å²) in [7, 11) is 6.46. The fourth-order valence-corrected chi connectivity index (χ4v) is 14.8. The molecule has 93 heavy (non-hydrogen) atoms. The van der Waals surface area contributed by atoms with Gasteiger partial charge in [-0.25, -0.2) is 47.1 Å². The second kappa shape index (κ2) is 27.8. The van der Waals surface area contributed by atoms with Crippen LogP contribution in [0.4, 0.5) is 43.9 Å². The van der Waals surface area contributed by atoms with Gasteiger partial charge in [-0.1, -0.05) is 48.5 Å². The van der Waals surface area contributed by atoms with Gasteiger partial charge in [0, 0.05) is 44.5 Å². The standard InChI is InChI=1S/3C16H18FN3.C15H16FN3.2C2HF3O2/c3*1-19-7-5-11(6-8-19)16-15-12(3-2-4-13(15)17)14-9-18-10-20(14)16;16-12-3-1-2-11-13-8-18-9-19(13)15(14(11)12)10-4-6-17-7-5-10;2*3-2(4,5)1(6)7/h3*2-4,9-11,16H,5-8H2,1H3;1-3,8-10,15,17H,4-7H2;2*(H,6,7). The Kier molecular flexibility index (Phi) is 19.8. The van der Waals surface area contributed by atoms with Crippen molar-refractivity contribution in [3.63, 3.8) is 0 Å². The zero-order valence-electron chi connectivity index (χ0n) is 51.4. The Bertz CT molecular complexity index is 3610. The van der Waals surface area contributed by atoms with Gasteiger partial charge in [-0.2, -0.15) is 26.3 Å². The van der Waals surface area contributed by atoms with E-state index >= 15 is 0 Å². The Hall–Kier alpha value is -8.20. The molecule has 0 saturated carbocycles. The Balaban J connectivity index is 0.000000119. The maximum absolute atomic E-state index is 14.4. The van der Waals surface area contributed by atoms with Crippen LogP contribution in [0.25, 0.3) is 45.0 Å². The molecule has 494 valence electrons. The monoisotopic (exact) mass is 1300 g/mol. The van der Waals surface area contributed by atoms with E-state index in [0.717, 1.165) is 171 Å². The summed E-state index contributed by atoms with van der Waals surface area (Å²) in [6.45, 7) is 8.60. The highest BCUT2D eigenvalue weighted by Gasteiger charge is 2.43. The topological polar surface area (TPSA) is 168 Å². The first-order valence-electron chi connectivity index (χ1n) is 31.1. The number of carbonyl (C=O) groups is 2. The molecule has 4 aromatic carbocycles. The molecule has 3 N–H and O–H groups in total. The number of likely N-dealkylation sites (tertiary alicyclic amines) is 3. The summed E-state index contributed by atoms with van der Waals surface area (Å²) >= 11 is 0. The van der Waals surface area contributed by atoms with Gasteiger partial charge in [0.2, 0.25) is 0 Å². The van der Waals surface area contributed by atoms with Gasteiger partial charge in [0.05, 0.1) is 97.0 Å². The van der Waals surface area contributed by atoms with E-state index in [1.165, 1.54) is 0 Å². The van der Waals surface area contributed by atoms with Crippen molar-refractivity contribution in [3.8, 4) is 45.0 Å². The third kappa shape index (κ3) is 13.8. The molecule has 16 rings (SSSR count). The molecule has 0 bridgehead atoms. The van der Waals surface area contributed by atoms with Crippen LogP contribution in [-0.4, -0.2) is 161 Å². The number of nitrogens with one attached hydrogen (secondary N) is 1. The lowest BCUT2D eigenvalue weighted by Crippen LogP contribution is -2.34. The molecule has 4 unspecified atom stereocenters. The van der Waals surface area contributed by atoms with Crippen LogP contribution in [0.3, 0.4) is 0 Å². The number of benzene rings is 4. The molecule has 16 nitrogen and oxygen atoms in total. The highest BCUT2D eigenvalue weighted by molar-refractivity contribution is 5.74. The van der Waals surface area contributed by atoms with Gasteiger partial charge in [-0.15, -0.1) is 0 Å². The number of nitrogens with zero attached hydrogens (tertiary/aromatic N) is 11. The highest BCUT2D eigenvalue weighted by atomic mass is 19.4. The molecule has 4 aromatic heterocycles. The molecule has 0 radical (unpaired) electrons. The van der Waals surface area contributed by atoms with Crippen LogP contribution in [0, 0.1) is 46.9 Å². The van der Waals surface area contributed by atoms with Gasteiger partial charge in [-0.05, 0) is 173 Å². The van der Waals surface area contributed by atoms with Crippen molar-refractivity contribution in [1.29, 1.82) is 0 Å². The summed E-state index contributed by atoms with van der Waals surface area (Å²) < 4.78 is 130. The normalized spacial score (nSPS) is 21.0. The van der Waals surface area contributed by atoms with Crippen molar-refractivity contribution < 1.29 is 63.7 Å². The average Bonchev–Trinajstić information content (AvgIpc) is 1.63. The number of piperidine rings is 4. The van der Waals surface area contributed by atoms with E-state index in [0.29, 0.717) is 23.7 Å². The minimum atomic E-state index is -5.08. The molecule has 4 atom stereocenters. The van der Waals surface area contributed by atoms with Crippen LogP contribution in [0.15, 0.2) is 123 Å². The maximum Gasteiger partial charge on any atom is 0.490 e. The van der Waals surface area contributed by atoms with E-state index in [9.17, 15) is 43.9 Å². The summed E-state index contributed by atoms with van der Waals surface area (Å²) in [6, 6.07) is 22.0. The van der Waals surface area contributed by atoms with Gasteiger partial charge in [0.25, 0.3) is 0 Å². The van der Waals surface area contributed by atoms with Gasteiger partial charge in [-0.3, -0.25) is 0 Å². The molecule has 8 aliphatic rings. The van der Waals surface area contributed by atoms with Gasteiger partial charge in [0.15, 0.2) is 0 Å². The molecule has 12 heterocycles. The summed E-state index contributed by atoms with van der Waals surface area (Å²) in [4.78, 5) is 41.9. The number of hydrogen-bond acceptors (Lipinski definition) is 10. The molecular weight excluding hydrogens is 1230 g/mol. The molecule has 8 aromatic rings. The number of carboxylic acids is 2. The Morgan fingerprint density at radius 1 is 0.398 bits per heavy atom. The predicted molar refractivity (Wildman–Crippen MR) is 327 cm³/mol. The SMILES string of the molecule is CN1CCC(C2c3c(F)cccc3-c3cncn32)CC1.CN1CCC(C2c3c(F)cccc3-c3cncn32)CC1.CN1CCC(C2c3c(F)cccc3-c3cncn32)CC1.Fc1cccc2c1C(C1CCNCC1)n1cncc1-2.O=C(O)C(F)(F)F.O=C(O)C(F)(F)F. The summed E-state index contributed by atoms with van der Waals surface area (Å²) in [5.74, 6) is -3.83. The summed E-state index contributed by atoms with van der Waals surface area (Å²) in [6.07, 6.45) is 13.6. The Morgan fingerprint density at radius 2 is 0.613 bits per heavy atom. The molecule has 0 spiro atoms. The highest BCUT2D eigenvalue weighted by Crippen LogP contribution is 2.51. The lowest BCUT2D eigenvalue weighted by molar-refractivity contribution is -0.193. The number of rotatable bonds is 4. The first kappa shape index (κ1) is 66.3. The van der Waals surface area contributed by atoms with Crippen molar-refractivity contribution in [2.75, 3.05) is 73.5 Å². The van der Waals surface area contributed by atoms with Crippen molar-refractivity contribution in [3.05, 3.63) is 168 Å². The molecule has 26 heteroatoms. The number of hydrogen-bond donors (Lipinski definition) is 3. The van der Waals surface area contributed by atoms with Gasteiger partial charge in [0.1, 0.15) is 23.3 Å². The van der Waals surface area contributed by atoms with E-state index in [4.69, 9.17) is 19.8 Å². The van der Waals surface area contributed by atoms with Crippen molar-refractivity contribution >= 4 is 11.9 Å². The predicted octanol–water partition coefficient (Wildman–Crippen LogP) is 12.7. The fraction of sp³-hybridized carbons (Fsp3) is 0.433. The van der Waals surface area contributed by atoms with Crippen LogP contribution in [-0.2, 0) is 9.59 Å². The van der Waals surface area contributed by atoms with Crippen LogP contribution < -0.4 is 5.32 Å². The largest absolute Gasteiger partial charge is 0.490 e. The first-order valence-corrected chi connectivity index (χ1v) is 31.1. The number of fused-ring (bicyclic) bond motifs is 12. The van der Waals surface area contributed by atoms with Crippen molar-refractivity contribution in [1.82, 2.24) is 58.2 Å². The van der Waals surface area contributed by atoms with Crippen LogP contribution >= 0.6 is 0 Å². The molecule has 4 fully saturated rings. The zero-order valence-corrected chi connectivity index (χ0v) is 51.4. The number of carboxylic acid groups (broad SMARTS) is 2. The second-order valence-corrected chi connectivity index (χ2v) is 24.9. The van der Waals surface area contributed by atoms with Crippen molar-refractivity contribution in [2.45, 2.75) is 87.9 Å². The number of imidazole rings is 4. The zero-order chi connectivity index (χ0) is 66.0. The van der Waals surface area contributed by atoms with Crippen LogP contribution in [0.1, 0.15) is 97.8 Å². The van der Waals surface area contributed by atoms with Crippen LogP contribution in [0.5, 0.6) is 0 Å². The average molecular weight is 1300 g/mol. The minimum absolute atomic E-state index is 0.0740. The first-order chi connectivity index (χ1) is 44.5. The van der Waals surface area contributed by atoms with Crippen molar-refractivity contribution in [2.24, 2.45) is 23.7 Å². The summed E-state index contributed by atoms with van der Waals surface area (Å²) in [5.41, 5.74) is 11.8. The lowest BCUT2D eigenvalue weighted by Gasteiger charge is -2.33. The van der Waals surface area contributed by atoms with E-state index in [1.54, 1.807) is 48.5 Å². The minimum Gasteiger partial charge on any atom is -0.475 e. The van der Waals surface area contributed by atoms with Crippen LogP contribution in [0.2, 0.25) is 0 Å². The van der Waals surface area contributed by atoms with Gasteiger partial charge >= 0.3 is 24.3 Å². The number of aromatic nitrogens is 8. The van der Waals surface area contributed by atoms with E-state index < -0.39 is 24.3 Å². The summed E-state index contributed by atoms with van der Waals surface area (Å²) in [5, 5.41) is 17.6. The Labute approximate surface area is 530 Å². The second-order valence-electron chi connectivity index (χ2n) is 24.9. The third-order valence-corrected chi connectivity index (χ3v) is 19.3. The molecule has 4 saturated heterocycles. The lowest BCUT2D eigenvalue weighted by atomic mass is 9.85. The maximum atomic E-state index is 14.4. The molecular formula is C67H72F10N12O4. The van der Waals surface area contributed by atoms with Gasteiger partial charge < -0.3 is 48.5 Å². The molecule has 0 aliphatic carbocycles. The fourth-order valence-electron chi connectivity index (χ4n) is 14.8. The molecule has 8 aliphatic heterocycles. The number of aliphatic carboxylic acids is 2. The molecule has 0 amide bonds. The quantitative estimate of drug-likeness (QED) is 0.143. The smallest absolute Gasteiger partial charge is 0.475 e. The number of alkyl halides is 6. The van der Waals surface area contributed by atoms with E-state index in [1.807, 2.05) is 74.4 Å². The number of halogens is 10. The third-order valence-electron chi connectivity index (χ3n) is 19.3. The van der Waals surface area contributed by atoms with E-state index in [2.05, 4.69) is 79.4 Å².